The molecule has 3 heteroatoms. The number of carbonyl (C=O) groups excluding carboxylic acids is 1. The zero-order valence-corrected chi connectivity index (χ0v) is 7.57. The molecule has 0 aliphatic carbocycles. The van der Waals surface area contributed by atoms with E-state index in [-0.39, 0.29) is 5.78 Å². The highest BCUT2D eigenvalue weighted by Crippen LogP contribution is 2.15. The molecule has 0 spiro atoms. The van der Waals surface area contributed by atoms with Crippen molar-refractivity contribution in [3.05, 3.63) is 16.1 Å². The number of aromatic nitrogens is 1. The van der Waals surface area contributed by atoms with Crippen LogP contribution in [0.15, 0.2) is 5.51 Å². The van der Waals surface area contributed by atoms with Gasteiger partial charge < -0.3 is 0 Å². The Kier molecular flexibility index (Phi) is 2.76. The lowest BCUT2D eigenvalue weighted by atomic mass is 10.2. The summed E-state index contributed by atoms with van der Waals surface area (Å²) in [5.74, 6) is 0.0784. The first-order chi connectivity index (χ1) is 5.25. The van der Waals surface area contributed by atoms with Crippen molar-refractivity contribution < 1.29 is 4.79 Å². The molecule has 1 aromatic heterocycles. The Labute approximate surface area is 70.3 Å². The number of Topliss-reactive ketones (excluding diaryl/α,β-unsaturated/α-hetero) is 1. The summed E-state index contributed by atoms with van der Waals surface area (Å²) in [5, 5.41) is 0. The molecule has 1 aromatic rings. The summed E-state index contributed by atoms with van der Waals surface area (Å²) in [5.41, 5.74) is 2.40. The number of aryl methyl sites for hydroxylation is 1. The van der Waals surface area contributed by atoms with Gasteiger partial charge >= 0.3 is 0 Å². The Balaban J connectivity index is 2.87. The Morgan fingerprint density at radius 2 is 2.45 bits per heavy atom. The summed E-state index contributed by atoms with van der Waals surface area (Å²) < 4.78 is 0. The molecule has 0 aliphatic heterocycles. The first kappa shape index (κ1) is 8.40. The van der Waals surface area contributed by atoms with E-state index in [0.29, 0.717) is 5.69 Å². The van der Waals surface area contributed by atoms with Crippen molar-refractivity contribution in [3.8, 4) is 0 Å². The fourth-order valence-corrected chi connectivity index (χ4v) is 1.88. The lowest BCUT2D eigenvalue weighted by Crippen LogP contribution is -1.96. The Morgan fingerprint density at radius 1 is 1.73 bits per heavy atom. The Hall–Kier alpha value is -0.700. The standard InChI is InChI=1S/C8H11NOS/c1-3-4-7-8(6(2)10)9-5-11-7/h5H,3-4H2,1-2H3. The fourth-order valence-electron chi connectivity index (χ4n) is 0.962. The number of hydrogen-bond donors (Lipinski definition) is 0. The first-order valence-electron chi connectivity index (χ1n) is 3.69. The summed E-state index contributed by atoms with van der Waals surface area (Å²) in [4.78, 5) is 16.1. The number of thiazole rings is 1. The lowest BCUT2D eigenvalue weighted by Gasteiger charge is -1.93. The van der Waals surface area contributed by atoms with Gasteiger partial charge in [0, 0.05) is 11.8 Å². The summed E-state index contributed by atoms with van der Waals surface area (Å²) >= 11 is 1.57. The maximum Gasteiger partial charge on any atom is 0.179 e. The zero-order valence-electron chi connectivity index (χ0n) is 6.76. The molecule has 0 saturated carbocycles. The van der Waals surface area contributed by atoms with Crippen molar-refractivity contribution in [2.45, 2.75) is 26.7 Å². The molecule has 0 bridgehead atoms. The molecular weight excluding hydrogens is 158 g/mol. The van der Waals surface area contributed by atoms with Crippen LogP contribution in [-0.4, -0.2) is 10.8 Å². The highest BCUT2D eigenvalue weighted by molar-refractivity contribution is 7.09. The van der Waals surface area contributed by atoms with Gasteiger partial charge in [0.15, 0.2) is 5.78 Å². The molecule has 2 nitrogen and oxygen atoms in total. The average Bonchev–Trinajstić information content (AvgIpc) is 2.36. The summed E-state index contributed by atoms with van der Waals surface area (Å²) in [6.07, 6.45) is 2.04. The Morgan fingerprint density at radius 3 is 3.00 bits per heavy atom. The Bertz CT molecular complexity index is 254. The van der Waals surface area contributed by atoms with Gasteiger partial charge in [-0.05, 0) is 6.42 Å². The molecule has 1 heterocycles. The number of rotatable bonds is 3. The van der Waals surface area contributed by atoms with Gasteiger partial charge in [0.05, 0.1) is 5.51 Å². The van der Waals surface area contributed by atoms with Gasteiger partial charge in [-0.1, -0.05) is 13.3 Å². The van der Waals surface area contributed by atoms with Crippen LogP contribution in [0.1, 0.15) is 35.6 Å². The van der Waals surface area contributed by atoms with E-state index < -0.39 is 0 Å². The van der Waals surface area contributed by atoms with E-state index in [9.17, 15) is 4.79 Å². The molecule has 60 valence electrons. The first-order valence-corrected chi connectivity index (χ1v) is 4.57. The van der Waals surface area contributed by atoms with E-state index in [4.69, 9.17) is 0 Å². The molecule has 11 heavy (non-hydrogen) atoms. The number of carbonyl (C=O) groups is 1. The average molecular weight is 169 g/mol. The molecule has 1 rings (SSSR count). The monoisotopic (exact) mass is 169 g/mol. The quantitative estimate of drug-likeness (QED) is 0.650. The van der Waals surface area contributed by atoms with Crippen molar-refractivity contribution in [1.29, 1.82) is 0 Å². The predicted molar refractivity (Wildman–Crippen MR) is 46.1 cm³/mol. The molecule has 0 saturated heterocycles. The van der Waals surface area contributed by atoms with Gasteiger partial charge in [-0.25, -0.2) is 4.98 Å². The van der Waals surface area contributed by atoms with Gasteiger partial charge in [-0.2, -0.15) is 0 Å². The van der Waals surface area contributed by atoms with Crippen molar-refractivity contribution in [1.82, 2.24) is 4.98 Å². The smallest absolute Gasteiger partial charge is 0.179 e. The van der Waals surface area contributed by atoms with Gasteiger partial charge in [0.2, 0.25) is 0 Å². The van der Waals surface area contributed by atoms with Crippen LogP contribution < -0.4 is 0 Å². The van der Waals surface area contributed by atoms with E-state index in [1.807, 2.05) is 0 Å². The van der Waals surface area contributed by atoms with Gasteiger partial charge in [-0.15, -0.1) is 11.3 Å². The topological polar surface area (TPSA) is 30.0 Å². The lowest BCUT2D eigenvalue weighted by molar-refractivity contribution is 0.101. The highest BCUT2D eigenvalue weighted by Gasteiger charge is 2.08. The minimum absolute atomic E-state index is 0.0784. The normalized spacial score (nSPS) is 10.0. The molecular formula is C8H11NOS. The molecule has 0 radical (unpaired) electrons. The molecule has 0 aromatic carbocycles. The van der Waals surface area contributed by atoms with Crippen LogP contribution in [0, 0.1) is 0 Å². The molecule has 0 amide bonds. The fraction of sp³-hybridized carbons (Fsp3) is 0.500. The van der Waals surface area contributed by atoms with E-state index in [0.717, 1.165) is 17.7 Å². The second-order valence-electron chi connectivity index (χ2n) is 2.43. The third kappa shape index (κ3) is 1.87. The minimum Gasteiger partial charge on any atom is -0.293 e. The maximum atomic E-state index is 10.9. The third-order valence-corrected chi connectivity index (χ3v) is 2.34. The van der Waals surface area contributed by atoms with Crippen LogP contribution in [0.25, 0.3) is 0 Å². The van der Waals surface area contributed by atoms with Crippen LogP contribution >= 0.6 is 11.3 Å². The van der Waals surface area contributed by atoms with Crippen molar-refractivity contribution in [2.75, 3.05) is 0 Å². The highest BCUT2D eigenvalue weighted by atomic mass is 32.1. The van der Waals surface area contributed by atoms with Crippen LogP contribution in [0.4, 0.5) is 0 Å². The van der Waals surface area contributed by atoms with E-state index >= 15 is 0 Å². The van der Waals surface area contributed by atoms with Crippen LogP contribution in [-0.2, 0) is 6.42 Å². The van der Waals surface area contributed by atoms with Crippen molar-refractivity contribution >= 4 is 17.1 Å². The third-order valence-electron chi connectivity index (χ3n) is 1.45. The molecule has 0 unspecified atom stereocenters. The SMILES string of the molecule is CCCc1scnc1C(C)=O. The van der Waals surface area contributed by atoms with Crippen LogP contribution in [0.2, 0.25) is 0 Å². The second-order valence-corrected chi connectivity index (χ2v) is 3.37. The number of hydrogen-bond acceptors (Lipinski definition) is 3. The summed E-state index contributed by atoms with van der Waals surface area (Å²) in [6.45, 7) is 3.66. The van der Waals surface area contributed by atoms with E-state index in [1.165, 1.54) is 0 Å². The molecule has 0 atom stereocenters. The molecule has 0 fully saturated rings. The van der Waals surface area contributed by atoms with Gasteiger partial charge in [0.1, 0.15) is 5.69 Å². The summed E-state index contributed by atoms with van der Waals surface area (Å²) in [6, 6.07) is 0. The summed E-state index contributed by atoms with van der Waals surface area (Å²) in [7, 11) is 0. The van der Waals surface area contributed by atoms with Gasteiger partial charge in [0.25, 0.3) is 0 Å². The van der Waals surface area contributed by atoms with Crippen molar-refractivity contribution in [3.63, 3.8) is 0 Å². The van der Waals surface area contributed by atoms with E-state index in [2.05, 4.69) is 11.9 Å². The molecule has 0 N–H and O–H groups in total. The minimum atomic E-state index is 0.0784. The predicted octanol–water partition coefficient (Wildman–Crippen LogP) is 2.30. The number of ketones is 1. The second kappa shape index (κ2) is 3.62. The van der Waals surface area contributed by atoms with E-state index in [1.54, 1.807) is 23.8 Å². The van der Waals surface area contributed by atoms with Crippen LogP contribution in [0.3, 0.4) is 0 Å². The van der Waals surface area contributed by atoms with Crippen molar-refractivity contribution in [2.24, 2.45) is 0 Å². The maximum absolute atomic E-state index is 10.9. The number of nitrogens with zero attached hydrogens (tertiary/aromatic N) is 1. The zero-order chi connectivity index (χ0) is 8.27. The molecule has 0 aliphatic rings. The van der Waals surface area contributed by atoms with Crippen LogP contribution in [0.5, 0.6) is 0 Å². The largest absolute Gasteiger partial charge is 0.293 e. The van der Waals surface area contributed by atoms with Gasteiger partial charge in [-0.3, -0.25) is 4.79 Å².